The van der Waals surface area contributed by atoms with Crippen molar-refractivity contribution in [2.45, 2.75) is 13.3 Å². The molecule has 0 spiro atoms. The van der Waals surface area contributed by atoms with Crippen molar-refractivity contribution in [2.75, 3.05) is 12.3 Å². The van der Waals surface area contributed by atoms with Crippen LogP contribution in [-0.2, 0) is 4.74 Å². The van der Waals surface area contributed by atoms with Gasteiger partial charge in [-0.25, -0.2) is 4.79 Å². The van der Waals surface area contributed by atoms with E-state index in [1.54, 1.807) is 24.3 Å². The monoisotopic (exact) mass is 306 g/mol. The zero-order chi connectivity index (χ0) is 15.4. The minimum absolute atomic E-state index is 0.0211. The Morgan fingerprint density at radius 2 is 2.14 bits per heavy atom. The molecule has 0 fully saturated rings. The lowest BCUT2D eigenvalue weighted by atomic mass is 10.1. The number of nitro groups is 1. The molecule has 2 rings (SSSR count). The predicted octanol–water partition coefficient (Wildman–Crippen LogP) is 3.47. The normalized spacial score (nSPS) is 10.3. The fourth-order valence-electron chi connectivity index (χ4n) is 1.80. The summed E-state index contributed by atoms with van der Waals surface area (Å²) in [6.45, 7) is 2.21. The van der Waals surface area contributed by atoms with Crippen LogP contribution in [0.1, 0.15) is 23.0 Å². The van der Waals surface area contributed by atoms with Crippen molar-refractivity contribution in [3.8, 4) is 10.4 Å². The van der Waals surface area contributed by atoms with Gasteiger partial charge in [0.25, 0.3) is 5.69 Å². The number of hydrogen-bond acceptors (Lipinski definition) is 6. The smallest absolute Gasteiger partial charge is 0.350 e. The quantitative estimate of drug-likeness (QED) is 0.518. The summed E-state index contributed by atoms with van der Waals surface area (Å²) in [5.41, 5.74) is 6.51. The number of rotatable bonds is 5. The lowest BCUT2D eigenvalue weighted by Gasteiger charge is -2.01. The van der Waals surface area contributed by atoms with Gasteiger partial charge in [-0.3, -0.25) is 10.1 Å². The van der Waals surface area contributed by atoms with Crippen LogP contribution in [0.2, 0.25) is 0 Å². The van der Waals surface area contributed by atoms with Gasteiger partial charge >= 0.3 is 5.97 Å². The van der Waals surface area contributed by atoms with Gasteiger partial charge in [0.1, 0.15) is 4.88 Å². The van der Waals surface area contributed by atoms with Gasteiger partial charge in [-0.1, -0.05) is 19.1 Å². The van der Waals surface area contributed by atoms with E-state index in [4.69, 9.17) is 10.5 Å². The van der Waals surface area contributed by atoms with Crippen LogP contribution in [-0.4, -0.2) is 17.5 Å². The number of esters is 1. The molecular formula is C14H14N2O4S. The zero-order valence-corrected chi connectivity index (χ0v) is 12.2. The number of carbonyl (C=O) groups is 1. The summed E-state index contributed by atoms with van der Waals surface area (Å²) in [7, 11) is 0. The maximum absolute atomic E-state index is 11.9. The first-order valence-electron chi connectivity index (χ1n) is 6.34. The van der Waals surface area contributed by atoms with Gasteiger partial charge < -0.3 is 10.5 Å². The molecule has 2 aromatic rings. The Bertz CT molecular complexity index is 681. The summed E-state index contributed by atoms with van der Waals surface area (Å²) in [6, 6.07) is 7.91. The second-order valence-corrected chi connectivity index (χ2v) is 5.36. The van der Waals surface area contributed by atoms with Crippen molar-refractivity contribution in [1.82, 2.24) is 0 Å². The Morgan fingerprint density at radius 3 is 2.81 bits per heavy atom. The average Bonchev–Trinajstić information content (AvgIpc) is 2.86. The van der Waals surface area contributed by atoms with Gasteiger partial charge in [-0.15, -0.1) is 11.3 Å². The fraction of sp³-hybridized carbons (Fsp3) is 0.214. The molecule has 0 aliphatic rings. The maximum atomic E-state index is 11.9. The van der Waals surface area contributed by atoms with Crippen LogP contribution in [0.25, 0.3) is 10.4 Å². The molecule has 2 N–H and O–H groups in total. The molecule has 0 unspecified atom stereocenters. The molecule has 110 valence electrons. The van der Waals surface area contributed by atoms with Gasteiger partial charge in [0.05, 0.1) is 22.8 Å². The molecule has 1 aromatic carbocycles. The Labute approximate surface area is 125 Å². The second-order valence-electron chi connectivity index (χ2n) is 4.31. The summed E-state index contributed by atoms with van der Waals surface area (Å²) in [5.74, 6) is -0.496. The van der Waals surface area contributed by atoms with E-state index < -0.39 is 10.9 Å². The van der Waals surface area contributed by atoms with Crippen LogP contribution < -0.4 is 5.73 Å². The van der Waals surface area contributed by atoms with Crippen LogP contribution >= 0.6 is 11.3 Å². The van der Waals surface area contributed by atoms with E-state index in [-0.39, 0.29) is 16.3 Å². The maximum Gasteiger partial charge on any atom is 0.350 e. The Kier molecular flexibility index (Phi) is 4.54. The highest BCUT2D eigenvalue weighted by atomic mass is 32.1. The van der Waals surface area contributed by atoms with E-state index in [9.17, 15) is 14.9 Å². The fourth-order valence-corrected chi connectivity index (χ4v) is 2.81. The molecule has 21 heavy (non-hydrogen) atoms. The molecule has 1 heterocycles. The van der Waals surface area contributed by atoms with Crippen molar-refractivity contribution in [2.24, 2.45) is 0 Å². The van der Waals surface area contributed by atoms with Gasteiger partial charge in [0.15, 0.2) is 0 Å². The highest BCUT2D eigenvalue weighted by Crippen LogP contribution is 2.38. The van der Waals surface area contributed by atoms with E-state index in [1.165, 1.54) is 6.07 Å². The number of nitrogens with two attached hydrogens (primary N) is 1. The lowest BCUT2D eigenvalue weighted by Crippen LogP contribution is -2.05. The van der Waals surface area contributed by atoms with Gasteiger partial charge in [-0.2, -0.15) is 0 Å². The van der Waals surface area contributed by atoms with Crippen LogP contribution in [0.4, 0.5) is 11.4 Å². The molecule has 0 radical (unpaired) electrons. The van der Waals surface area contributed by atoms with Crippen molar-refractivity contribution in [3.05, 3.63) is 45.3 Å². The van der Waals surface area contributed by atoms with Crippen LogP contribution in [0, 0.1) is 10.1 Å². The minimum atomic E-state index is -0.496. The molecule has 0 amide bonds. The largest absolute Gasteiger partial charge is 0.461 e. The first-order valence-corrected chi connectivity index (χ1v) is 7.16. The van der Waals surface area contributed by atoms with E-state index in [0.29, 0.717) is 23.5 Å². The SMILES string of the molecule is CCCOC(=O)c1sc(-c2ccccc2[N+](=O)[O-])cc1N. The van der Waals surface area contributed by atoms with Crippen LogP contribution in [0.15, 0.2) is 30.3 Å². The van der Waals surface area contributed by atoms with Crippen LogP contribution in [0.5, 0.6) is 0 Å². The van der Waals surface area contributed by atoms with Crippen molar-refractivity contribution in [3.63, 3.8) is 0 Å². The summed E-state index contributed by atoms with van der Waals surface area (Å²) >= 11 is 1.10. The van der Waals surface area contributed by atoms with Crippen molar-refractivity contribution >= 4 is 28.7 Å². The predicted molar refractivity (Wildman–Crippen MR) is 81.4 cm³/mol. The van der Waals surface area contributed by atoms with E-state index in [2.05, 4.69) is 0 Å². The second kappa shape index (κ2) is 6.36. The topological polar surface area (TPSA) is 95.5 Å². The third-order valence-electron chi connectivity index (χ3n) is 2.75. The number of benzene rings is 1. The molecule has 0 aliphatic carbocycles. The number of anilines is 1. The van der Waals surface area contributed by atoms with Gasteiger partial charge in [-0.05, 0) is 18.6 Å². The molecule has 0 bridgehead atoms. The molecule has 0 saturated carbocycles. The average molecular weight is 306 g/mol. The van der Waals surface area contributed by atoms with E-state index in [1.807, 2.05) is 6.92 Å². The zero-order valence-electron chi connectivity index (χ0n) is 11.4. The highest BCUT2D eigenvalue weighted by molar-refractivity contribution is 7.18. The minimum Gasteiger partial charge on any atom is -0.461 e. The number of hydrogen-bond donors (Lipinski definition) is 1. The molecule has 0 aliphatic heterocycles. The standard InChI is InChI=1S/C14H14N2O4S/c1-2-7-20-14(17)13-10(15)8-12(21-13)9-5-3-4-6-11(9)16(18)19/h3-6,8H,2,7,15H2,1H3. The number of para-hydroxylation sites is 1. The highest BCUT2D eigenvalue weighted by Gasteiger charge is 2.21. The number of carbonyl (C=O) groups excluding carboxylic acids is 1. The van der Waals surface area contributed by atoms with E-state index in [0.717, 1.165) is 11.3 Å². The number of nitrogens with zero attached hydrogens (tertiary/aromatic N) is 1. The van der Waals surface area contributed by atoms with Crippen molar-refractivity contribution in [1.29, 1.82) is 0 Å². The molecule has 7 heteroatoms. The molecule has 1 aromatic heterocycles. The van der Waals surface area contributed by atoms with Gasteiger partial charge in [0, 0.05) is 10.9 Å². The summed E-state index contributed by atoms with van der Waals surface area (Å²) in [4.78, 5) is 23.3. The number of nitro benzene ring substituents is 1. The summed E-state index contributed by atoms with van der Waals surface area (Å²) < 4.78 is 5.04. The lowest BCUT2D eigenvalue weighted by molar-refractivity contribution is -0.384. The van der Waals surface area contributed by atoms with Crippen molar-refractivity contribution < 1.29 is 14.5 Å². The van der Waals surface area contributed by atoms with E-state index >= 15 is 0 Å². The van der Waals surface area contributed by atoms with Crippen LogP contribution in [0.3, 0.4) is 0 Å². The number of thiophene rings is 1. The molecular weight excluding hydrogens is 292 g/mol. The number of ether oxygens (including phenoxy) is 1. The Balaban J connectivity index is 2.39. The van der Waals surface area contributed by atoms with Gasteiger partial charge in [0.2, 0.25) is 0 Å². The first kappa shape index (κ1) is 15.0. The molecule has 6 nitrogen and oxygen atoms in total. The first-order chi connectivity index (χ1) is 10.0. The third-order valence-corrected chi connectivity index (χ3v) is 3.91. The summed E-state index contributed by atoms with van der Waals surface area (Å²) in [5, 5.41) is 11.0. The number of nitrogen functional groups attached to an aromatic ring is 1. The third kappa shape index (κ3) is 3.19. The Morgan fingerprint density at radius 1 is 1.43 bits per heavy atom. The summed E-state index contributed by atoms with van der Waals surface area (Å²) in [6.07, 6.45) is 0.716. The molecule has 0 atom stereocenters. The molecule has 0 saturated heterocycles. The Hall–Kier alpha value is -2.41.